The van der Waals surface area contributed by atoms with Crippen molar-refractivity contribution in [1.82, 2.24) is 4.90 Å². The number of hydrogen-bond donors (Lipinski definition) is 0. The average molecular weight is 223 g/mol. The number of carbonyl (C=O) groups excluding carboxylic acids is 1. The van der Waals surface area contributed by atoms with Gasteiger partial charge in [-0.25, -0.2) is 0 Å². The predicted octanol–water partition coefficient (Wildman–Crippen LogP) is 1.82. The maximum atomic E-state index is 12.2. The largest absolute Gasteiger partial charge is 0.381 e. The van der Waals surface area contributed by atoms with Crippen LogP contribution in [0.3, 0.4) is 0 Å². The fourth-order valence-corrected chi connectivity index (χ4v) is 3.37. The van der Waals surface area contributed by atoms with Crippen LogP contribution in [0.15, 0.2) is 0 Å². The minimum absolute atomic E-state index is 0.162. The van der Waals surface area contributed by atoms with Crippen LogP contribution < -0.4 is 0 Å². The number of nitrogens with zero attached hydrogens (tertiary/aromatic N) is 1. The number of likely N-dealkylation sites (tertiary alicyclic amines) is 1. The molecule has 2 heterocycles. The number of hydrogen-bond acceptors (Lipinski definition) is 2. The molecule has 1 aliphatic carbocycles. The maximum Gasteiger partial charge on any atom is 0.228 e. The molecule has 1 saturated carbocycles. The molecule has 1 spiro atoms. The Morgan fingerprint density at radius 3 is 2.44 bits per heavy atom. The Morgan fingerprint density at radius 1 is 1.19 bits per heavy atom. The maximum absolute atomic E-state index is 12.2. The second-order valence-electron chi connectivity index (χ2n) is 5.74. The number of amides is 1. The van der Waals surface area contributed by atoms with E-state index in [0.717, 1.165) is 26.1 Å². The molecule has 0 radical (unpaired) electrons. The molecule has 2 saturated heterocycles. The molecular weight excluding hydrogens is 202 g/mol. The van der Waals surface area contributed by atoms with Crippen LogP contribution in [-0.4, -0.2) is 37.1 Å². The van der Waals surface area contributed by atoms with Crippen LogP contribution in [0.5, 0.6) is 0 Å². The molecule has 3 fully saturated rings. The molecule has 2 aliphatic heterocycles. The van der Waals surface area contributed by atoms with Crippen LogP contribution in [0.25, 0.3) is 0 Å². The highest BCUT2D eigenvalue weighted by Crippen LogP contribution is 2.48. The lowest BCUT2D eigenvalue weighted by atomic mass is 9.63. The van der Waals surface area contributed by atoms with Gasteiger partial charge in [0.1, 0.15) is 0 Å². The monoisotopic (exact) mass is 223 g/mol. The van der Waals surface area contributed by atoms with Crippen LogP contribution in [0.2, 0.25) is 0 Å². The van der Waals surface area contributed by atoms with Crippen molar-refractivity contribution >= 4 is 5.91 Å². The zero-order valence-electron chi connectivity index (χ0n) is 9.91. The quantitative estimate of drug-likeness (QED) is 0.678. The van der Waals surface area contributed by atoms with Crippen LogP contribution >= 0.6 is 0 Å². The van der Waals surface area contributed by atoms with Crippen LogP contribution in [0, 0.1) is 11.3 Å². The normalized spacial score (nSPS) is 32.8. The molecular formula is C13H21NO2. The fraction of sp³-hybridized carbons (Fsp3) is 0.923. The van der Waals surface area contributed by atoms with E-state index in [1.807, 2.05) is 0 Å². The molecule has 0 N–H and O–H groups in total. The van der Waals surface area contributed by atoms with E-state index in [1.54, 1.807) is 0 Å². The standard InChI is InChI=1S/C13H21NO2/c15-12(11-2-9-16-10-11)14-7-5-13(6-8-14)3-1-4-13/h11H,1-10H2. The zero-order valence-corrected chi connectivity index (χ0v) is 9.91. The third kappa shape index (κ3) is 1.75. The van der Waals surface area contributed by atoms with Crippen molar-refractivity contribution < 1.29 is 9.53 Å². The lowest BCUT2D eigenvalue weighted by Crippen LogP contribution is -2.47. The lowest BCUT2D eigenvalue weighted by molar-refractivity contribution is -0.138. The molecule has 3 nitrogen and oxygen atoms in total. The van der Waals surface area contributed by atoms with Crippen molar-refractivity contribution in [2.75, 3.05) is 26.3 Å². The van der Waals surface area contributed by atoms with E-state index < -0.39 is 0 Å². The Kier molecular flexibility index (Phi) is 2.66. The molecule has 0 aromatic rings. The second kappa shape index (κ2) is 4.02. The summed E-state index contributed by atoms with van der Waals surface area (Å²) in [6.45, 7) is 3.42. The van der Waals surface area contributed by atoms with Gasteiger partial charge in [0, 0.05) is 19.7 Å². The summed E-state index contributed by atoms with van der Waals surface area (Å²) in [6.07, 6.45) is 7.63. The van der Waals surface area contributed by atoms with Gasteiger partial charge < -0.3 is 9.64 Å². The van der Waals surface area contributed by atoms with Crippen LogP contribution in [0.4, 0.5) is 0 Å². The van der Waals surface area contributed by atoms with E-state index >= 15 is 0 Å². The minimum atomic E-state index is 0.162. The van der Waals surface area contributed by atoms with Gasteiger partial charge in [-0.3, -0.25) is 4.79 Å². The molecule has 0 aromatic heterocycles. The molecule has 3 aliphatic rings. The Morgan fingerprint density at radius 2 is 1.94 bits per heavy atom. The molecule has 90 valence electrons. The molecule has 1 unspecified atom stereocenters. The molecule has 3 heteroatoms. The highest BCUT2D eigenvalue weighted by atomic mass is 16.5. The smallest absolute Gasteiger partial charge is 0.228 e. The first-order valence-electron chi connectivity index (χ1n) is 6.66. The molecule has 0 bridgehead atoms. The summed E-state index contributed by atoms with van der Waals surface area (Å²) in [4.78, 5) is 14.2. The third-order valence-corrected chi connectivity index (χ3v) is 4.83. The van der Waals surface area contributed by atoms with Crippen molar-refractivity contribution in [1.29, 1.82) is 0 Å². The summed E-state index contributed by atoms with van der Waals surface area (Å²) < 4.78 is 5.29. The van der Waals surface area contributed by atoms with Gasteiger partial charge >= 0.3 is 0 Å². The van der Waals surface area contributed by atoms with Gasteiger partial charge in [-0.05, 0) is 37.5 Å². The highest BCUT2D eigenvalue weighted by Gasteiger charge is 2.41. The zero-order chi connectivity index (χ0) is 11.0. The van der Waals surface area contributed by atoms with E-state index in [2.05, 4.69) is 4.90 Å². The van der Waals surface area contributed by atoms with Crippen LogP contribution in [-0.2, 0) is 9.53 Å². The molecule has 1 amide bonds. The van der Waals surface area contributed by atoms with E-state index in [1.165, 1.54) is 32.1 Å². The van der Waals surface area contributed by atoms with Gasteiger partial charge in [0.25, 0.3) is 0 Å². The summed E-state index contributed by atoms with van der Waals surface area (Å²) >= 11 is 0. The lowest BCUT2D eigenvalue weighted by Gasteiger charge is -2.48. The van der Waals surface area contributed by atoms with Crippen molar-refractivity contribution in [3.8, 4) is 0 Å². The van der Waals surface area contributed by atoms with E-state index in [0.29, 0.717) is 17.9 Å². The number of piperidine rings is 1. The first kappa shape index (κ1) is 10.6. The third-order valence-electron chi connectivity index (χ3n) is 4.83. The Balaban J connectivity index is 1.54. The van der Waals surface area contributed by atoms with E-state index in [-0.39, 0.29) is 5.92 Å². The second-order valence-corrected chi connectivity index (χ2v) is 5.74. The number of ether oxygens (including phenoxy) is 1. The number of rotatable bonds is 1. The van der Waals surface area contributed by atoms with Gasteiger partial charge in [0.15, 0.2) is 0 Å². The predicted molar refractivity (Wildman–Crippen MR) is 61.0 cm³/mol. The Bertz CT molecular complexity index is 270. The van der Waals surface area contributed by atoms with Crippen LogP contribution in [0.1, 0.15) is 38.5 Å². The van der Waals surface area contributed by atoms with Crippen molar-refractivity contribution in [3.63, 3.8) is 0 Å². The molecule has 16 heavy (non-hydrogen) atoms. The van der Waals surface area contributed by atoms with Gasteiger partial charge in [0.2, 0.25) is 5.91 Å². The summed E-state index contributed by atoms with van der Waals surface area (Å²) in [6, 6.07) is 0. The van der Waals surface area contributed by atoms with Crippen molar-refractivity contribution in [3.05, 3.63) is 0 Å². The fourth-order valence-electron chi connectivity index (χ4n) is 3.37. The van der Waals surface area contributed by atoms with Gasteiger partial charge in [-0.1, -0.05) is 6.42 Å². The average Bonchev–Trinajstić information content (AvgIpc) is 2.80. The first-order chi connectivity index (χ1) is 7.79. The first-order valence-corrected chi connectivity index (χ1v) is 6.66. The van der Waals surface area contributed by atoms with Gasteiger partial charge in [-0.15, -0.1) is 0 Å². The van der Waals surface area contributed by atoms with Crippen molar-refractivity contribution in [2.24, 2.45) is 11.3 Å². The summed E-state index contributed by atoms with van der Waals surface area (Å²) in [5.41, 5.74) is 0.642. The van der Waals surface area contributed by atoms with Gasteiger partial charge in [0.05, 0.1) is 12.5 Å². The Labute approximate surface area is 97.1 Å². The van der Waals surface area contributed by atoms with Gasteiger partial charge in [-0.2, -0.15) is 0 Å². The molecule has 3 rings (SSSR count). The minimum Gasteiger partial charge on any atom is -0.381 e. The SMILES string of the molecule is O=C(C1CCOC1)N1CCC2(CCC2)CC1. The topological polar surface area (TPSA) is 29.5 Å². The molecule has 0 aromatic carbocycles. The van der Waals surface area contributed by atoms with Crippen molar-refractivity contribution in [2.45, 2.75) is 38.5 Å². The summed E-state index contributed by atoms with van der Waals surface area (Å²) in [5, 5.41) is 0. The van der Waals surface area contributed by atoms with E-state index in [4.69, 9.17) is 4.74 Å². The summed E-state index contributed by atoms with van der Waals surface area (Å²) in [7, 11) is 0. The summed E-state index contributed by atoms with van der Waals surface area (Å²) in [5.74, 6) is 0.516. The Hall–Kier alpha value is -0.570. The number of carbonyl (C=O) groups is 1. The highest BCUT2D eigenvalue weighted by molar-refractivity contribution is 5.79. The van der Waals surface area contributed by atoms with E-state index in [9.17, 15) is 4.79 Å². The molecule has 1 atom stereocenters.